The van der Waals surface area contributed by atoms with Crippen molar-refractivity contribution in [1.82, 2.24) is 0 Å². The molecular weight excluding hydrogens is 344 g/mol. The normalized spacial score (nSPS) is 10.6. The molecule has 6 heteroatoms. The Bertz CT molecular complexity index is 824. The average Bonchev–Trinajstić information content (AvgIpc) is 2.68. The highest BCUT2D eigenvalue weighted by Crippen LogP contribution is 2.22. The molecule has 27 heavy (non-hydrogen) atoms. The van der Waals surface area contributed by atoms with Gasteiger partial charge in [-0.2, -0.15) is 10.2 Å². The standard InChI is InChI=1S/C21H22N2O4/c1-4-5-14-26-21(25)16-6-8-17(9-7-16)22-23-18-10-12-19(13-11-18)27-20(24)15(2)3/h6-13H,2,4-5,14H2,1,3H3. The number of hydrogen-bond acceptors (Lipinski definition) is 6. The molecule has 0 saturated heterocycles. The van der Waals surface area contributed by atoms with E-state index in [2.05, 4.69) is 16.8 Å². The third-order valence-electron chi connectivity index (χ3n) is 3.51. The van der Waals surface area contributed by atoms with E-state index in [1.165, 1.54) is 0 Å². The van der Waals surface area contributed by atoms with Crippen LogP contribution in [-0.2, 0) is 9.53 Å². The van der Waals surface area contributed by atoms with Crippen molar-refractivity contribution >= 4 is 23.3 Å². The number of carbonyl (C=O) groups is 2. The quantitative estimate of drug-likeness (QED) is 0.202. The van der Waals surface area contributed by atoms with Gasteiger partial charge in [0, 0.05) is 5.57 Å². The van der Waals surface area contributed by atoms with E-state index in [1.807, 2.05) is 6.92 Å². The minimum Gasteiger partial charge on any atom is -0.462 e. The lowest BCUT2D eigenvalue weighted by molar-refractivity contribution is -0.130. The first kappa shape index (κ1) is 20.0. The maximum absolute atomic E-state index is 11.8. The number of hydrogen-bond donors (Lipinski definition) is 0. The number of ether oxygens (including phenoxy) is 2. The summed E-state index contributed by atoms with van der Waals surface area (Å²) < 4.78 is 10.3. The van der Waals surface area contributed by atoms with Crippen molar-refractivity contribution in [2.24, 2.45) is 10.2 Å². The smallest absolute Gasteiger partial charge is 0.338 e. The van der Waals surface area contributed by atoms with E-state index in [0.717, 1.165) is 12.8 Å². The zero-order chi connectivity index (χ0) is 19.6. The maximum atomic E-state index is 11.8. The van der Waals surface area contributed by atoms with Crippen LogP contribution in [0.2, 0.25) is 0 Å². The highest BCUT2D eigenvalue weighted by atomic mass is 16.5. The second-order valence-electron chi connectivity index (χ2n) is 5.90. The fraction of sp³-hybridized carbons (Fsp3) is 0.238. The predicted molar refractivity (Wildman–Crippen MR) is 103 cm³/mol. The molecule has 0 fully saturated rings. The first-order valence-electron chi connectivity index (χ1n) is 8.66. The summed E-state index contributed by atoms with van der Waals surface area (Å²) in [6, 6.07) is 13.3. The molecule has 0 unspecified atom stereocenters. The number of esters is 2. The molecule has 0 aliphatic rings. The topological polar surface area (TPSA) is 77.3 Å². The lowest BCUT2D eigenvalue weighted by atomic mass is 10.2. The van der Waals surface area contributed by atoms with Crippen LogP contribution in [0.5, 0.6) is 5.75 Å². The predicted octanol–water partition coefficient (Wildman–Crippen LogP) is 5.54. The molecule has 0 amide bonds. The molecule has 0 aliphatic carbocycles. The second-order valence-corrected chi connectivity index (χ2v) is 5.90. The van der Waals surface area contributed by atoms with E-state index in [9.17, 15) is 9.59 Å². The molecule has 2 aromatic carbocycles. The maximum Gasteiger partial charge on any atom is 0.338 e. The van der Waals surface area contributed by atoms with E-state index in [1.54, 1.807) is 55.5 Å². The largest absolute Gasteiger partial charge is 0.462 e. The van der Waals surface area contributed by atoms with E-state index < -0.39 is 5.97 Å². The molecule has 0 N–H and O–H groups in total. The summed E-state index contributed by atoms with van der Waals surface area (Å²) in [4.78, 5) is 23.3. The first-order chi connectivity index (χ1) is 13.0. The van der Waals surface area contributed by atoms with Crippen LogP contribution >= 0.6 is 0 Å². The number of azo groups is 1. The number of rotatable bonds is 8. The molecule has 2 aromatic rings. The summed E-state index contributed by atoms with van der Waals surface area (Å²) in [5.41, 5.74) is 2.02. The number of benzene rings is 2. The van der Waals surface area contributed by atoms with Crippen molar-refractivity contribution in [2.75, 3.05) is 6.61 Å². The fourth-order valence-corrected chi connectivity index (χ4v) is 1.95. The summed E-state index contributed by atoms with van der Waals surface area (Å²) in [6.45, 7) is 7.58. The Hall–Kier alpha value is -3.28. The van der Waals surface area contributed by atoms with Crippen LogP contribution in [0.15, 0.2) is 70.9 Å². The van der Waals surface area contributed by atoms with Crippen LogP contribution in [0.1, 0.15) is 37.0 Å². The highest BCUT2D eigenvalue weighted by molar-refractivity contribution is 5.89. The van der Waals surface area contributed by atoms with Crippen LogP contribution in [0.4, 0.5) is 11.4 Å². The van der Waals surface area contributed by atoms with E-state index >= 15 is 0 Å². The monoisotopic (exact) mass is 366 g/mol. The van der Waals surface area contributed by atoms with Gasteiger partial charge in [-0.3, -0.25) is 0 Å². The van der Waals surface area contributed by atoms with Gasteiger partial charge in [-0.15, -0.1) is 0 Å². The van der Waals surface area contributed by atoms with Crippen molar-refractivity contribution in [1.29, 1.82) is 0 Å². The average molecular weight is 366 g/mol. The zero-order valence-corrected chi connectivity index (χ0v) is 15.5. The Labute approximate surface area is 158 Å². The molecule has 0 aliphatic heterocycles. The SMILES string of the molecule is C=C(C)C(=O)Oc1ccc(N=Nc2ccc(C(=O)OCCCC)cc2)cc1. The van der Waals surface area contributed by atoms with Crippen molar-refractivity contribution in [3.8, 4) is 5.75 Å². The van der Waals surface area contributed by atoms with Crippen LogP contribution in [0.25, 0.3) is 0 Å². The van der Waals surface area contributed by atoms with Gasteiger partial charge in [0.05, 0.1) is 23.5 Å². The number of unbranched alkanes of at least 4 members (excludes halogenated alkanes) is 1. The minimum atomic E-state index is -0.474. The van der Waals surface area contributed by atoms with Crippen molar-refractivity contribution in [2.45, 2.75) is 26.7 Å². The molecule has 0 bridgehead atoms. The molecule has 0 spiro atoms. The van der Waals surface area contributed by atoms with E-state index in [-0.39, 0.29) is 5.97 Å². The number of nitrogens with zero attached hydrogens (tertiary/aromatic N) is 2. The Morgan fingerprint density at radius 3 is 2.04 bits per heavy atom. The fourth-order valence-electron chi connectivity index (χ4n) is 1.95. The van der Waals surface area contributed by atoms with Crippen LogP contribution < -0.4 is 4.74 Å². The Morgan fingerprint density at radius 2 is 1.52 bits per heavy atom. The van der Waals surface area contributed by atoms with Crippen molar-refractivity contribution in [3.63, 3.8) is 0 Å². The van der Waals surface area contributed by atoms with Gasteiger partial charge in [0.15, 0.2) is 0 Å². The van der Waals surface area contributed by atoms with Gasteiger partial charge in [-0.25, -0.2) is 9.59 Å². The summed E-state index contributed by atoms with van der Waals surface area (Å²) in [5, 5.41) is 8.24. The first-order valence-corrected chi connectivity index (χ1v) is 8.66. The van der Waals surface area contributed by atoms with E-state index in [4.69, 9.17) is 9.47 Å². The summed E-state index contributed by atoms with van der Waals surface area (Å²) in [6.07, 6.45) is 1.83. The Balaban J connectivity index is 1.94. The molecule has 6 nitrogen and oxygen atoms in total. The van der Waals surface area contributed by atoms with Crippen LogP contribution in [-0.4, -0.2) is 18.5 Å². The van der Waals surface area contributed by atoms with Gasteiger partial charge in [0.25, 0.3) is 0 Å². The molecule has 0 heterocycles. The molecule has 2 rings (SSSR count). The van der Waals surface area contributed by atoms with Crippen molar-refractivity contribution in [3.05, 3.63) is 66.2 Å². The molecule has 0 saturated carbocycles. The lowest BCUT2D eigenvalue weighted by Crippen LogP contribution is -2.07. The third-order valence-corrected chi connectivity index (χ3v) is 3.51. The van der Waals surface area contributed by atoms with Gasteiger partial charge >= 0.3 is 11.9 Å². The molecular formula is C21H22N2O4. The Kier molecular flexibility index (Phi) is 7.43. The van der Waals surface area contributed by atoms with Gasteiger partial charge in [-0.05, 0) is 61.9 Å². The van der Waals surface area contributed by atoms with Gasteiger partial charge in [0.2, 0.25) is 0 Å². The van der Waals surface area contributed by atoms with Crippen molar-refractivity contribution < 1.29 is 19.1 Å². The lowest BCUT2D eigenvalue weighted by Gasteiger charge is -2.04. The van der Waals surface area contributed by atoms with Gasteiger partial charge in [-0.1, -0.05) is 19.9 Å². The summed E-state index contributed by atoms with van der Waals surface area (Å²) in [7, 11) is 0. The minimum absolute atomic E-state index is 0.330. The Morgan fingerprint density at radius 1 is 0.963 bits per heavy atom. The molecule has 140 valence electrons. The third kappa shape index (κ3) is 6.51. The molecule has 0 atom stereocenters. The van der Waals surface area contributed by atoms with Crippen LogP contribution in [0.3, 0.4) is 0 Å². The van der Waals surface area contributed by atoms with E-state index in [0.29, 0.717) is 34.9 Å². The molecule has 0 aromatic heterocycles. The van der Waals surface area contributed by atoms with Gasteiger partial charge in [0.1, 0.15) is 5.75 Å². The van der Waals surface area contributed by atoms with Crippen LogP contribution in [0, 0.1) is 0 Å². The summed E-state index contributed by atoms with van der Waals surface area (Å²) in [5.74, 6) is -0.405. The van der Waals surface area contributed by atoms with Gasteiger partial charge < -0.3 is 9.47 Å². The number of carbonyl (C=O) groups excluding carboxylic acids is 2. The second kappa shape index (κ2) is 10.0. The highest BCUT2D eigenvalue weighted by Gasteiger charge is 2.07. The zero-order valence-electron chi connectivity index (χ0n) is 15.5. The molecule has 0 radical (unpaired) electrons. The summed E-state index contributed by atoms with van der Waals surface area (Å²) >= 11 is 0.